The SMILES string of the molecule is CN.Cc1ccc2c(c1)SC1c3cc4cc5c(cc4cc3SC21)C1Sc2ccccc2C1S5. The Kier molecular flexibility index (Phi) is 4.90. The number of rotatable bonds is 0. The Labute approximate surface area is 211 Å². The van der Waals surface area contributed by atoms with E-state index >= 15 is 0 Å². The highest BCUT2D eigenvalue weighted by Crippen LogP contribution is 2.68. The van der Waals surface area contributed by atoms with Gasteiger partial charge in [-0.05, 0) is 89.0 Å². The fourth-order valence-corrected chi connectivity index (χ4v) is 12.1. The van der Waals surface area contributed by atoms with Crippen molar-refractivity contribution >= 4 is 57.8 Å². The van der Waals surface area contributed by atoms with Crippen LogP contribution in [0.4, 0.5) is 0 Å². The molecule has 0 amide bonds. The molecule has 0 radical (unpaired) electrons. The minimum Gasteiger partial charge on any atom is -0.333 e. The lowest BCUT2D eigenvalue weighted by atomic mass is 9.97. The molecule has 4 atom stereocenters. The van der Waals surface area contributed by atoms with Gasteiger partial charge in [0.25, 0.3) is 0 Å². The van der Waals surface area contributed by atoms with Crippen molar-refractivity contribution in [1.82, 2.24) is 0 Å². The Morgan fingerprint density at radius 3 is 1.64 bits per heavy atom. The molecule has 0 saturated heterocycles. The number of hydrogen-bond acceptors (Lipinski definition) is 5. The molecule has 33 heavy (non-hydrogen) atoms. The third kappa shape index (κ3) is 3.02. The molecule has 0 spiro atoms. The van der Waals surface area contributed by atoms with Gasteiger partial charge < -0.3 is 5.73 Å². The molecule has 4 aliphatic rings. The van der Waals surface area contributed by atoms with Gasteiger partial charge in [-0.15, -0.1) is 47.0 Å². The molecule has 1 nitrogen and oxygen atoms in total. The van der Waals surface area contributed by atoms with Gasteiger partial charge in [0.1, 0.15) is 0 Å². The zero-order chi connectivity index (χ0) is 22.3. The Hall–Kier alpha value is -1.50. The average Bonchev–Trinajstić information content (AvgIpc) is 3.55. The Morgan fingerprint density at radius 2 is 1.00 bits per heavy atom. The summed E-state index contributed by atoms with van der Waals surface area (Å²) in [6.07, 6.45) is 0. The molecule has 4 aromatic rings. The first-order valence-electron chi connectivity index (χ1n) is 11.3. The van der Waals surface area contributed by atoms with Crippen LogP contribution in [-0.4, -0.2) is 7.05 Å². The van der Waals surface area contributed by atoms with Crippen LogP contribution in [0.2, 0.25) is 0 Å². The quantitative estimate of drug-likeness (QED) is 0.260. The van der Waals surface area contributed by atoms with Crippen molar-refractivity contribution in [2.45, 2.75) is 47.5 Å². The number of hydrogen-bond donors (Lipinski definition) is 1. The summed E-state index contributed by atoms with van der Waals surface area (Å²) in [5.74, 6) is 0. The van der Waals surface area contributed by atoms with Crippen molar-refractivity contribution in [3.8, 4) is 0 Å². The molecule has 0 aromatic heterocycles. The molecule has 164 valence electrons. The fourth-order valence-electron chi connectivity index (χ4n) is 5.49. The van der Waals surface area contributed by atoms with Crippen molar-refractivity contribution in [3.63, 3.8) is 0 Å². The van der Waals surface area contributed by atoms with Crippen LogP contribution in [-0.2, 0) is 0 Å². The molecule has 4 heterocycles. The van der Waals surface area contributed by atoms with Crippen molar-refractivity contribution in [2.24, 2.45) is 5.73 Å². The highest BCUT2D eigenvalue weighted by Gasteiger charge is 2.43. The van der Waals surface area contributed by atoms with Crippen molar-refractivity contribution < 1.29 is 0 Å². The van der Waals surface area contributed by atoms with Crippen LogP contribution in [0.1, 0.15) is 48.8 Å². The monoisotopic (exact) mass is 501 g/mol. The summed E-state index contributed by atoms with van der Waals surface area (Å²) in [5.41, 5.74) is 12.0. The topological polar surface area (TPSA) is 26.0 Å². The maximum atomic E-state index is 4.50. The maximum absolute atomic E-state index is 4.50. The van der Waals surface area contributed by atoms with Crippen LogP contribution >= 0.6 is 47.0 Å². The van der Waals surface area contributed by atoms with Crippen molar-refractivity contribution in [2.75, 3.05) is 7.05 Å². The van der Waals surface area contributed by atoms with E-state index in [0.29, 0.717) is 21.0 Å². The Morgan fingerprint density at radius 1 is 0.515 bits per heavy atom. The van der Waals surface area contributed by atoms with Crippen LogP contribution in [0.15, 0.2) is 86.3 Å². The summed E-state index contributed by atoms with van der Waals surface area (Å²) in [6, 6.07) is 26.0. The highest BCUT2D eigenvalue weighted by molar-refractivity contribution is 8.05. The molecule has 4 aliphatic heterocycles. The van der Waals surface area contributed by atoms with Crippen LogP contribution < -0.4 is 5.73 Å². The van der Waals surface area contributed by atoms with Crippen molar-refractivity contribution in [1.29, 1.82) is 0 Å². The van der Waals surface area contributed by atoms with Gasteiger partial charge in [0.2, 0.25) is 0 Å². The molecule has 0 saturated carbocycles. The van der Waals surface area contributed by atoms with E-state index in [1.165, 1.54) is 54.1 Å². The summed E-state index contributed by atoms with van der Waals surface area (Å²) in [7, 11) is 1.50. The number of benzene rings is 4. The van der Waals surface area contributed by atoms with Gasteiger partial charge in [-0.25, -0.2) is 0 Å². The molecule has 0 aliphatic carbocycles. The highest BCUT2D eigenvalue weighted by atomic mass is 32.2. The largest absolute Gasteiger partial charge is 0.333 e. The lowest BCUT2D eigenvalue weighted by Crippen LogP contribution is -1.93. The first-order chi connectivity index (χ1) is 16.2. The lowest BCUT2D eigenvalue weighted by Gasteiger charge is -2.11. The maximum Gasteiger partial charge on any atom is 0.0519 e. The van der Waals surface area contributed by atoms with Gasteiger partial charge in [0.05, 0.1) is 21.0 Å². The van der Waals surface area contributed by atoms with Crippen LogP contribution in [0.3, 0.4) is 0 Å². The summed E-state index contributed by atoms with van der Waals surface area (Å²) >= 11 is 8.29. The lowest BCUT2D eigenvalue weighted by molar-refractivity contribution is 0.937. The van der Waals surface area contributed by atoms with E-state index in [4.69, 9.17) is 0 Å². The predicted octanol–water partition coefficient (Wildman–Crippen LogP) is 8.71. The zero-order valence-corrected chi connectivity index (χ0v) is 21.6. The second kappa shape index (κ2) is 7.76. The normalized spacial score (nSPS) is 24.9. The van der Waals surface area contributed by atoms with Crippen molar-refractivity contribution in [3.05, 3.63) is 94.5 Å². The van der Waals surface area contributed by atoms with E-state index in [1.807, 2.05) is 0 Å². The summed E-state index contributed by atoms with van der Waals surface area (Å²) in [4.78, 5) is 5.94. The third-order valence-corrected chi connectivity index (χ3v) is 12.9. The minimum atomic E-state index is 0.559. The van der Waals surface area contributed by atoms with E-state index in [0.717, 1.165) is 0 Å². The van der Waals surface area contributed by atoms with Gasteiger partial charge in [-0.2, -0.15) is 0 Å². The second-order valence-corrected chi connectivity index (χ2v) is 13.6. The molecule has 5 heteroatoms. The van der Waals surface area contributed by atoms with E-state index in [9.17, 15) is 0 Å². The van der Waals surface area contributed by atoms with Gasteiger partial charge in [-0.3, -0.25) is 0 Å². The van der Waals surface area contributed by atoms with Crippen LogP contribution in [0, 0.1) is 6.92 Å². The summed E-state index contributed by atoms with van der Waals surface area (Å²) < 4.78 is 0. The van der Waals surface area contributed by atoms with E-state index in [2.05, 4.69) is 126 Å². The number of aryl methyl sites for hydroxylation is 1. The Balaban J connectivity index is 0.000000928. The van der Waals surface area contributed by atoms with Gasteiger partial charge in [0.15, 0.2) is 0 Å². The van der Waals surface area contributed by atoms with E-state index in [-0.39, 0.29) is 0 Å². The fraction of sp³-hybridized carbons (Fsp3) is 0.214. The standard InChI is InChI=1S/C27H18S4.CH5N/c1-13-6-7-17-21(8-13)29-27-19-10-15-11-22-18(9-14(15)12-23(19)31-25(17)27)26-24(30-22)16-4-2-3-5-20(16)28-26;1-2/h2-12,24-27H,1H3;2H2,1H3. The van der Waals surface area contributed by atoms with E-state index in [1.54, 1.807) is 11.1 Å². The summed E-state index contributed by atoms with van der Waals surface area (Å²) in [6.45, 7) is 2.20. The molecule has 0 bridgehead atoms. The van der Waals surface area contributed by atoms with Crippen LogP contribution in [0.25, 0.3) is 10.8 Å². The molecule has 0 fully saturated rings. The summed E-state index contributed by atoms with van der Waals surface area (Å²) in [5, 5.41) is 5.09. The Bertz CT molecular complexity index is 1450. The average molecular weight is 502 g/mol. The van der Waals surface area contributed by atoms with Gasteiger partial charge in [-0.1, -0.05) is 30.3 Å². The molecule has 4 aromatic carbocycles. The van der Waals surface area contributed by atoms with Crippen LogP contribution in [0.5, 0.6) is 0 Å². The van der Waals surface area contributed by atoms with E-state index < -0.39 is 0 Å². The second-order valence-electron chi connectivity index (χ2n) is 8.86. The molecule has 4 unspecified atom stereocenters. The smallest absolute Gasteiger partial charge is 0.0519 e. The number of nitrogens with two attached hydrogens (primary N) is 1. The third-order valence-electron chi connectivity index (χ3n) is 6.98. The van der Waals surface area contributed by atoms with Gasteiger partial charge >= 0.3 is 0 Å². The first kappa shape index (κ1) is 20.8. The molecule has 8 rings (SSSR count). The number of thioether (sulfide) groups is 4. The zero-order valence-electron chi connectivity index (χ0n) is 18.4. The number of fused-ring (bicyclic) bond motifs is 11. The molecular weight excluding hydrogens is 479 g/mol. The molecule has 2 N–H and O–H groups in total. The predicted molar refractivity (Wildman–Crippen MR) is 146 cm³/mol. The molecular formula is C28H23NS4. The van der Waals surface area contributed by atoms with Gasteiger partial charge in [0, 0.05) is 19.6 Å². The first-order valence-corrected chi connectivity index (χ1v) is 14.8. The minimum absolute atomic E-state index is 0.559.